The van der Waals surface area contributed by atoms with Crippen molar-refractivity contribution in [3.63, 3.8) is 0 Å². The summed E-state index contributed by atoms with van der Waals surface area (Å²) >= 11 is 0. The van der Waals surface area contributed by atoms with Gasteiger partial charge >= 0.3 is 0 Å². The number of methoxy groups -OCH3 is 1. The number of ether oxygens (including phenoxy) is 1. The van der Waals surface area contributed by atoms with E-state index >= 15 is 0 Å². The molecule has 0 saturated carbocycles. The fraction of sp³-hybridized carbons (Fsp3) is 0.500. The average molecular weight is 330 g/mol. The molecular weight excluding hydrogens is 308 g/mol. The van der Waals surface area contributed by atoms with Crippen molar-refractivity contribution in [3.8, 4) is 0 Å². The Bertz CT molecular complexity index is 823. The molecular formula is C16H22N6O2. The van der Waals surface area contributed by atoms with Crippen LogP contribution in [0.2, 0.25) is 0 Å². The molecule has 0 saturated heterocycles. The molecule has 3 rings (SSSR count). The summed E-state index contributed by atoms with van der Waals surface area (Å²) < 4.78 is 12.2. The Morgan fingerprint density at radius 2 is 2.17 bits per heavy atom. The lowest BCUT2D eigenvalue weighted by molar-refractivity contribution is 0.178. The molecule has 0 atom stereocenters. The molecule has 0 aliphatic carbocycles. The van der Waals surface area contributed by atoms with E-state index in [1.165, 1.54) is 0 Å². The number of rotatable bonds is 7. The number of aryl methyl sites for hydroxylation is 1. The van der Waals surface area contributed by atoms with Crippen LogP contribution in [0.3, 0.4) is 0 Å². The molecule has 8 nitrogen and oxygen atoms in total. The molecule has 1 N–H and O–H groups in total. The molecule has 0 amide bonds. The highest BCUT2D eigenvalue weighted by Crippen LogP contribution is 2.21. The summed E-state index contributed by atoms with van der Waals surface area (Å²) in [7, 11) is 3.47. The number of hydrogen-bond donors (Lipinski definition) is 1. The van der Waals surface area contributed by atoms with E-state index in [-0.39, 0.29) is 0 Å². The highest BCUT2D eigenvalue weighted by atomic mass is 16.5. The summed E-state index contributed by atoms with van der Waals surface area (Å²) in [4.78, 5) is 8.98. The molecule has 0 bridgehead atoms. The van der Waals surface area contributed by atoms with Gasteiger partial charge in [0.05, 0.1) is 23.8 Å². The van der Waals surface area contributed by atoms with E-state index in [0.717, 1.165) is 28.9 Å². The Balaban J connectivity index is 1.80. The minimum absolute atomic E-state index is 0.344. The first kappa shape index (κ1) is 16.4. The predicted molar refractivity (Wildman–Crippen MR) is 89.4 cm³/mol. The van der Waals surface area contributed by atoms with Crippen molar-refractivity contribution in [2.45, 2.75) is 33.4 Å². The minimum atomic E-state index is 0.344. The fourth-order valence-electron chi connectivity index (χ4n) is 2.52. The molecule has 128 valence electrons. The second-order valence-corrected chi connectivity index (χ2v) is 6.16. The molecule has 0 aliphatic heterocycles. The Morgan fingerprint density at radius 1 is 1.33 bits per heavy atom. The lowest BCUT2D eigenvalue weighted by atomic mass is 10.1. The van der Waals surface area contributed by atoms with Crippen molar-refractivity contribution in [2.24, 2.45) is 13.0 Å². The van der Waals surface area contributed by atoms with Crippen LogP contribution in [-0.4, -0.2) is 32.0 Å². The SMILES string of the molecule is COCc1nc(NCc2cc(CC(C)C)no2)c2cnn(C)c2n1. The third-order valence-corrected chi connectivity index (χ3v) is 3.57. The maximum Gasteiger partial charge on any atom is 0.163 e. The first-order valence-electron chi connectivity index (χ1n) is 7.92. The van der Waals surface area contributed by atoms with Crippen molar-refractivity contribution in [1.29, 1.82) is 0 Å². The van der Waals surface area contributed by atoms with Crippen LogP contribution >= 0.6 is 0 Å². The van der Waals surface area contributed by atoms with E-state index in [9.17, 15) is 0 Å². The van der Waals surface area contributed by atoms with Crippen LogP contribution in [0.15, 0.2) is 16.8 Å². The Kier molecular flexibility index (Phi) is 4.75. The zero-order valence-electron chi connectivity index (χ0n) is 14.4. The van der Waals surface area contributed by atoms with E-state index < -0.39 is 0 Å². The van der Waals surface area contributed by atoms with Crippen LogP contribution in [0.4, 0.5) is 5.82 Å². The Hall–Kier alpha value is -2.48. The summed E-state index contributed by atoms with van der Waals surface area (Å²) in [5.74, 6) is 2.63. The average Bonchev–Trinajstić information content (AvgIpc) is 3.12. The van der Waals surface area contributed by atoms with Crippen molar-refractivity contribution in [2.75, 3.05) is 12.4 Å². The summed E-state index contributed by atoms with van der Waals surface area (Å²) in [5, 5.41) is 12.5. The summed E-state index contributed by atoms with van der Waals surface area (Å²) in [5.41, 5.74) is 1.73. The molecule has 3 heterocycles. The highest BCUT2D eigenvalue weighted by Gasteiger charge is 2.13. The summed E-state index contributed by atoms with van der Waals surface area (Å²) in [6.07, 6.45) is 2.65. The van der Waals surface area contributed by atoms with Crippen molar-refractivity contribution >= 4 is 16.9 Å². The van der Waals surface area contributed by atoms with Crippen LogP contribution in [0.5, 0.6) is 0 Å². The van der Waals surface area contributed by atoms with Crippen LogP contribution in [0, 0.1) is 5.92 Å². The van der Waals surface area contributed by atoms with Crippen molar-refractivity contribution in [1.82, 2.24) is 24.9 Å². The molecule has 0 spiro atoms. The standard InChI is InChI=1S/C16H22N6O2/c1-10(2)5-11-6-12(24-21-11)7-17-15-13-8-18-22(3)16(13)20-14(19-15)9-23-4/h6,8,10H,5,7,9H2,1-4H3,(H,17,19,20). The highest BCUT2D eigenvalue weighted by molar-refractivity contribution is 5.86. The molecule has 24 heavy (non-hydrogen) atoms. The first-order chi connectivity index (χ1) is 11.6. The van der Waals surface area contributed by atoms with Gasteiger partial charge in [0, 0.05) is 20.2 Å². The number of aromatic nitrogens is 5. The van der Waals surface area contributed by atoms with Crippen molar-refractivity contribution < 1.29 is 9.26 Å². The van der Waals surface area contributed by atoms with E-state index in [4.69, 9.17) is 9.26 Å². The fourth-order valence-corrected chi connectivity index (χ4v) is 2.52. The van der Waals surface area contributed by atoms with Crippen LogP contribution in [0.25, 0.3) is 11.0 Å². The van der Waals surface area contributed by atoms with Gasteiger partial charge in [-0.1, -0.05) is 19.0 Å². The van der Waals surface area contributed by atoms with Gasteiger partial charge in [-0.25, -0.2) is 9.97 Å². The minimum Gasteiger partial charge on any atom is -0.377 e. The quantitative estimate of drug-likeness (QED) is 0.710. The van der Waals surface area contributed by atoms with Gasteiger partial charge in [-0.2, -0.15) is 5.10 Å². The second kappa shape index (κ2) is 6.96. The topological polar surface area (TPSA) is 90.9 Å². The third kappa shape index (κ3) is 3.53. The normalized spacial score (nSPS) is 11.5. The van der Waals surface area contributed by atoms with E-state index in [0.29, 0.717) is 30.7 Å². The second-order valence-electron chi connectivity index (χ2n) is 6.16. The van der Waals surface area contributed by atoms with Crippen LogP contribution in [-0.2, 0) is 31.4 Å². The monoisotopic (exact) mass is 330 g/mol. The number of nitrogens with zero attached hydrogens (tertiary/aromatic N) is 5. The molecule has 3 aromatic heterocycles. The van der Waals surface area contributed by atoms with E-state index in [2.05, 4.69) is 39.4 Å². The van der Waals surface area contributed by atoms with Gasteiger partial charge in [0.15, 0.2) is 17.2 Å². The molecule has 0 aliphatic rings. The Morgan fingerprint density at radius 3 is 2.92 bits per heavy atom. The van der Waals surface area contributed by atoms with Gasteiger partial charge in [0.2, 0.25) is 0 Å². The van der Waals surface area contributed by atoms with E-state index in [1.54, 1.807) is 18.0 Å². The molecule has 3 aromatic rings. The predicted octanol–water partition coefficient (Wildman–Crippen LogP) is 2.31. The largest absolute Gasteiger partial charge is 0.377 e. The van der Waals surface area contributed by atoms with Gasteiger partial charge in [0.1, 0.15) is 12.4 Å². The van der Waals surface area contributed by atoms with Gasteiger partial charge in [0.25, 0.3) is 0 Å². The Labute approximate surface area is 140 Å². The number of fused-ring (bicyclic) bond motifs is 1. The molecule has 0 unspecified atom stereocenters. The lowest BCUT2D eigenvalue weighted by Gasteiger charge is -2.07. The van der Waals surface area contributed by atoms with Crippen LogP contribution in [0.1, 0.15) is 31.1 Å². The molecule has 0 radical (unpaired) electrons. The number of anilines is 1. The van der Waals surface area contributed by atoms with Gasteiger partial charge in [-0.15, -0.1) is 0 Å². The zero-order valence-corrected chi connectivity index (χ0v) is 14.4. The maximum absolute atomic E-state index is 5.38. The molecule has 0 fully saturated rings. The summed E-state index contributed by atoms with van der Waals surface area (Å²) in [6, 6.07) is 1.98. The van der Waals surface area contributed by atoms with Crippen LogP contribution < -0.4 is 5.32 Å². The van der Waals surface area contributed by atoms with E-state index in [1.807, 2.05) is 13.1 Å². The third-order valence-electron chi connectivity index (χ3n) is 3.57. The smallest absolute Gasteiger partial charge is 0.163 e. The molecule has 0 aromatic carbocycles. The first-order valence-corrected chi connectivity index (χ1v) is 7.92. The number of hydrogen-bond acceptors (Lipinski definition) is 7. The maximum atomic E-state index is 5.38. The van der Waals surface area contributed by atoms with Gasteiger partial charge in [-0.05, 0) is 12.3 Å². The number of nitrogens with one attached hydrogen (secondary N) is 1. The lowest BCUT2D eigenvalue weighted by Crippen LogP contribution is -2.06. The van der Waals surface area contributed by atoms with Gasteiger partial charge in [-0.3, -0.25) is 4.68 Å². The zero-order chi connectivity index (χ0) is 17.1. The summed E-state index contributed by atoms with van der Waals surface area (Å²) in [6.45, 7) is 5.16. The molecule has 8 heteroatoms. The van der Waals surface area contributed by atoms with Gasteiger partial charge < -0.3 is 14.6 Å². The van der Waals surface area contributed by atoms with Crippen molar-refractivity contribution in [3.05, 3.63) is 29.5 Å².